The largest absolute Gasteiger partial charge is 0.493 e. The number of halogens is 2. The van der Waals surface area contributed by atoms with Gasteiger partial charge in [0.25, 0.3) is 0 Å². The number of anilines is 2. The van der Waals surface area contributed by atoms with E-state index in [-0.39, 0.29) is 24.8 Å². The SMILES string of the molecule is COc1cc(Nc2nc3ccc(C(N)=O)cc3[nH]2)cc(OC)c1OC.Cl.Cl. The van der Waals surface area contributed by atoms with Crippen LogP contribution < -0.4 is 25.3 Å². The summed E-state index contributed by atoms with van der Waals surface area (Å²) in [4.78, 5) is 18.8. The Hall–Kier alpha value is -2.84. The lowest BCUT2D eigenvalue weighted by Gasteiger charge is -2.14. The monoisotopic (exact) mass is 414 g/mol. The fourth-order valence-corrected chi connectivity index (χ4v) is 2.51. The molecule has 0 aliphatic heterocycles. The molecule has 3 rings (SSSR count). The molecule has 0 saturated carbocycles. The second-order valence-corrected chi connectivity index (χ2v) is 5.22. The van der Waals surface area contributed by atoms with Crippen molar-refractivity contribution >= 4 is 53.4 Å². The van der Waals surface area contributed by atoms with Crippen LogP contribution in [0.2, 0.25) is 0 Å². The first-order valence-electron chi connectivity index (χ1n) is 7.42. The van der Waals surface area contributed by atoms with Crippen LogP contribution in [0.25, 0.3) is 11.0 Å². The lowest BCUT2D eigenvalue weighted by molar-refractivity contribution is 0.100. The highest BCUT2D eigenvalue weighted by Gasteiger charge is 2.14. The Morgan fingerprint density at radius 3 is 2.19 bits per heavy atom. The highest BCUT2D eigenvalue weighted by Crippen LogP contribution is 2.40. The van der Waals surface area contributed by atoms with E-state index in [4.69, 9.17) is 19.9 Å². The van der Waals surface area contributed by atoms with Gasteiger partial charge in [-0.25, -0.2) is 4.98 Å². The lowest BCUT2D eigenvalue weighted by Crippen LogP contribution is -2.10. The number of aromatic nitrogens is 2. The zero-order valence-corrected chi connectivity index (χ0v) is 16.5. The van der Waals surface area contributed by atoms with Crippen LogP contribution in [0.3, 0.4) is 0 Å². The quantitative estimate of drug-likeness (QED) is 0.570. The first-order valence-corrected chi connectivity index (χ1v) is 7.42. The van der Waals surface area contributed by atoms with Crippen LogP contribution in [0.5, 0.6) is 17.2 Å². The molecule has 0 spiro atoms. The number of hydrogen-bond donors (Lipinski definition) is 3. The maximum Gasteiger partial charge on any atom is 0.248 e. The third-order valence-corrected chi connectivity index (χ3v) is 3.69. The number of nitrogens with one attached hydrogen (secondary N) is 2. The van der Waals surface area contributed by atoms with Gasteiger partial charge in [0.1, 0.15) is 0 Å². The number of nitrogens with two attached hydrogens (primary N) is 1. The van der Waals surface area contributed by atoms with E-state index in [1.165, 1.54) is 0 Å². The molecule has 4 N–H and O–H groups in total. The molecule has 2 aromatic carbocycles. The van der Waals surface area contributed by atoms with Crippen LogP contribution in [0.1, 0.15) is 10.4 Å². The molecule has 0 bridgehead atoms. The highest BCUT2D eigenvalue weighted by atomic mass is 35.5. The average molecular weight is 415 g/mol. The van der Waals surface area contributed by atoms with Gasteiger partial charge in [0.05, 0.1) is 32.4 Å². The number of primary amides is 1. The van der Waals surface area contributed by atoms with Crippen molar-refractivity contribution in [2.75, 3.05) is 26.6 Å². The van der Waals surface area contributed by atoms with Crippen LogP contribution in [0, 0.1) is 0 Å². The van der Waals surface area contributed by atoms with Gasteiger partial charge in [-0.15, -0.1) is 24.8 Å². The molecule has 0 fully saturated rings. The zero-order chi connectivity index (χ0) is 18.0. The molecular formula is C17H20Cl2N4O4. The highest BCUT2D eigenvalue weighted by molar-refractivity contribution is 5.96. The Balaban J connectivity index is 0.00000182. The van der Waals surface area contributed by atoms with E-state index in [9.17, 15) is 4.79 Å². The minimum Gasteiger partial charge on any atom is -0.493 e. The maximum atomic E-state index is 11.3. The van der Waals surface area contributed by atoms with Gasteiger partial charge in [-0.05, 0) is 18.2 Å². The summed E-state index contributed by atoms with van der Waals surface area (Å²) in [6.45, 7) is 0. The molecule has 0 atom stereocenters. The number of ether oxygens (including phenoxy) is 3. The van der Waals surface area contributed by atoms with Crippen molar-refractivity contribution in [3.63, 3.8) is 0 Å². The number of benzene rings is 2. The number of imidazole rings is 1. The number of carbonyl (C=O) groups excluding carboxylic acids is 1. The first kappa shape index (κ1) is 22.2. The molecule has 3 aromatic rings. The van der Waals surface area contributed by atoms with Crippen molar-refractivity contribution in [3.05, 3.63) is 35.9 Å². The van der Waals surface area contributed by atoms with Gasteiger partial charge in [-0.2, -0.15) is 0 Å². The molecule has 0 aliphatic rings. The molecule has 1 amide bonds. The number of amides is 1. The van der Waals surface area contributed by atoms with E-state index in [1.807, 2.05) is 0 Å². The van der Waals surface area contributed by atoms with Gasteiger partial charge < -0.3 is 30.2 Å². The number of rotatable bonds is 6. The van der Waals surface area contributed by atoms with Crippen LogP contribution in [-0.2, 0) is 0 Å². The first-order chi connectivity index (χ1) is 12.0. The van der Waals surface area contributed by atoms with E-state index in [0.29, 0.717) is 45.5 Å². The van der Waals surface area contributed by atoms with Crippen LogP contribution in [-0.4, -0.2) is 37.2 Å². The Kier molecular flexibility index (Phi) is 7.56. The second kappa shape index (κ2) is 9.20. The van der Waals surface area contributed by atoms with Crippen LogP contribution >= 0.6 is 24.8 Å². The Labute approximate surface area is 168 Å². The van der Waals surface area contributed by atoms with Crippen molar-refractivity contribution in [1.82, 2.24) is 9.97 Å². The van der Waals surface area contributed by atoms with Crippen molar-refractivity contribution in [2.45, 2.75) is 0 Å². The predicted molar refractivity (Wildman–Crippen MR) is 108 cm³/mol. The number of methoxy groups -OCH3 is 3. The third-order valence-electron chi connectivity index (χ3n) is 3.69. The summed E-state index contributed by atoms with van der Waals surface area (Å²) in [5.74, 6) is 1.57. The van der Waals surface area contributed by atoms with Gasteiger partial charge in [0, 0.05) is 23.4 Å². The summed E-state index contributed by atoms with van der Waals surface area (Å²) in [6, 6.07) is 8.55. The molecule has 0 aliphatic carbocycles. The lowest BCUT2D eigenvalue weighted by atomic mass is 10.2. The van der Waals surface area contributed by atoms with E-state index < -0.39 is 5.91 Å². The van der Waals surface area contributed by atoms with Gasteiger partial charge in [-0.1, -0.05) is 0 Å². The van der Waals surface area contributed by atoms with Crippen LogP contribution in [0.4, 0.5) is 11.6 Å². The summed E-state index contributed by atoms with van der Waals surface area (Å²) < 4.78 is 16.0. The minimum atomic E-state index is -0.490. The normalized spacial score (nSPS) is 9.74. The zero-order valence-electron chi connectivity index (χ0n) is 14.9. The summed E-state index contributed by atoms with van der Waals surface area (Å²) in [6.07, 6.45) is 0. The Morgan fingerprint density at radius 2 is 1.67 bits per heavy atom. The molecule has 0 radical (unpaired) electrons. The van der Waals surface area contributed by atoms with Crippen molar-refractivity contribution in [3.8, 4) is 17.2 Å². The summed E-state index contributed by atoms with van der Waals surface area (Å²) >= 11 is 0. The van der Waals surface area contributed by atoms with Crippen molar-refractivity contribution in [2.24, 2.45) is 5.73 Å². The summed E-state index contributed by atoms with van der Waals surface area (Å²) in [7, 11) is 4.64. The number of nitrogens with zero attached hydrogens (tertiary/aromatic N) is 1. The molecule has 10 heteroatoms. The number of aromatic amines is 1. The van der Waals surface area contributed by atoms with Gasteiger partial charge in [-0.3, -0.25) is 4.79 Å². The van der Waals surface area contributed by atoms with E-state index in [1.54, 1.807) is 51.7 Å². The fourth-order valence-electron chi connectivity index (χ4n) is 2.51. The van der Waals surface area contributed by atoms with Gasteiger partial charge in [0.2, 0.25) is 17.6 Å². The van der Waals surface area contributed by atoms with E-state index in [0.717, 1.165) is 0 Å². The fraction of sp³-hybridized carbons (Fsp3) is 0.176. The number of fused-ring (bicyclic) bond motifs is 1. The van der Waals surface area contributed by atoms with Crippen LogP contribution in [0.15, 0.2) is 30.3 Å². The topological polar surface area (TPSA) is 111 Å². The number of hydrogen-bond acceptors (Lipinski definition) is 6. The molecule has 146 valence electrons. The Morgan fingerprint density at radius 1 is 1.04 bits per heavy atom. The summed E-state index contributed by atoms with van der Waals surface area (Å²) in [5.41, 5.74) is 7.82. The average Bonchev–Trinajstić information content (AvgIpc) is 3.01. The standard InChI is InChI=1S/C17H18N4O4.2ClH/c1-23-13-7-10(8-14(24-2)15(13)25-3)19-17-20-11-5-4-9(16(18)22)6-12(11)21-17;;/h4-8H,1-3H3,(H2,18,22)(H2,19,20,21);2*1H. The smallest absolute Gasteiger partial charge is 0.248 e. The second-order valence-electron chi connectivity index (χ2n) is 5.22. The molecule has 0 saturated heterocycles. The van der Waals surface area contributed by atoms with Gasteiger partial charge in [0.15, 0.2) is 11.5 Å². The van der Waals surface area contributed by atoms with E-state index in [2.05, 4.69) is 15.3 Å². The summed E-state index contributed by atoms with van der Waals surface area (Å²) in [5, 5.41) is 3.14. The Bertz CT molecular complexity index is 921. The maximum absolute atomic E-state index is 11.3. The molecule has 0 unspecified atom stereocenters. The predicted octanol–water partition coefficient (Wildman–Crippen LogP) is 3.27. The molecule has 1 heterocycles. The molecule has 8 nitrogen and oxygen atoms in total. The molecule has 1 aromatic heterocycles. The minimum absolute atomic E-state index is 0. The number of H-pyrrole nitrogens is 1. The van der Waals surface area contributed by atoms with Crippen molar-refractivity contribution < 1.29 is 19.0 Å². The van der Waals surface area contributed by atoms with Gasteiger partial charge >= 0.3 is 0 Å². The third kappa shape index (κ3) is 4.47. The molecular weight excluding hydrogens is 395 g/mol. The van der Waals surface area contributed by atoms with E-state index >= 15 is 0 Å². The van der Waals surface area contributed by atoms with Crippen molar-refractivity contribution in [1.29, 1.82) is 0 Å². The molecule has 27 heavy (non-hydrogen) atoms. The number of carbonyl (C=O) groups is 1.